The molecule has 4 rings (SSSR count). The summed E-state index contributed by atoms with van der Waals surface area (Å²) in [7, 11) is 0. The number of carboxylic acids is 1. The minimum Gasteiger partial charge on any atom is -0.481 e. The third kappa shape index (κ3) is 2.43. The van der Waals surface area contributed by atoms with E-state index in [-0.39, 0.29) is 17.1 Å². The largest absolute Gasteiger partial charge is 0.481 e. The van der Waals surface area contributed by atoms with Gasteiger partial charge in [-0.3, -0.25) is 14.5 Å². The zero-order valence-electron chi connectivity index (χ0n) is 11.9. The first-order valence-electron chi connectivity index (χ1n) is 7.07. The van der Waals surface area contributed by atoms with E-state index in [0.717, 1.165) is 9.86 Å². The normalized spacial score (nSPS) is 16.0. The summed E-state index contributed by atoms with van der Waals surface area (Å²) in [5, 5.41) is 9.67. The van der Waals surface area contributed by atoms with Gasteiger partial charge >= 0.3 is 5.97 Å². The average Bonchev–Trinajstić information content (AvgIpc) is 2.81. The zero-order chi connectivity index (χ0) is 16.1. The topological polar surface area (TPSA) is 99.4 Å². The molecule has 0 atom stereocenters. The zero-order valence-corrected chi connectivity index (χ0v) is 13.5. The predicted octanol–water partition coefficient (Wildman–Crippen LogP) is 1.95. The fourth-order valence-corrected chi connectivity index (χ4v) is 3.18. The molecular formula is C15H12BrN3O4. The van der Waals surface area contributed by atoms with E-state index in [1.165, 1.54) is 0 Å². The molecule has 0 radical (unpaired) electrons. The lowest BCUT2D eigenvalue weighted by atomic mass is 10.0. The maximum Gasteiger partial charge on any atom is 0.309 e. The van der Waals surface area contributed by atoms with Crippen molar-refractivity contribution in [1.29, 1.82) is 0 Å². The van der Waals surface area contributed by atoms with Gasteiger partial charge in [-0.1, -0.05) is 15.9 Å². The van der Waals surface area contributed by atoms with Crippen LogP contribution in [0.3, 0.4) is 0 Å². The molecule has 0 spiro atoms. The van der Waals surface area contributed by atoms with Gasteiger partial charge in [-0.2, -0.15) is 0 Å². The molecule has 7 nitrogen and oxygen atoms in total. The van der Waals surface area contributed by atoms with Crippen molar-refractivity contribution in [3.05, 3.63) is 38.9 Å². The maximum absolute atomic E-state index is 12.2. The van der Waals surface area contributed by atoms with Gasteiger partial charge in [0.05, 0.1) is 12.5 Å². The number of H-pyrrole nitrogens is 1. The molecule has 23 heavy (non-hydrogen) atoms. The van der Waals surface area contributed by atoms with Crippen molar-refractivity contribution in [2.75, 3.05) is 13.1 Å². The first-order chi connectivity index (χ1) is 11.0. The van der Waals surface area contributed by atoms with Crippen LogP contribution in [-0.4, -0.2) is 39.0 Å². The number of furan rings is 1. The Hall–Kier alpha value is -2.19. The SMILES string of the molecule is O=C(O)C1CN(Cc2nc3c(oc4ccc(Br)cc43)c(=O)[nH]2)C1. The molecule has 1 aromatic carbocycles. The van der Waals surface area contributed by atoms with E-state index < -0.39 is 5.97 Å². The van der Waals surface area contributed by atoms with Gasteiger partial charge in [0, 0.05) is 22.9 Å². The van der Waals surface area contributed by atoms with Crippen LogP contribution in [0.25, 0.3) is 22.1 Å². The van der Waals surface area contributed by atoms with Gasteiger partial charge in [0.25, 0.3) is 5.56 Å². The number of nitrogens with one attached hydrogen (secondary N) is 1. The molecule has 3 heterocycles. The second kappa shape index (κ2) is 5.17. The van der Waals surface area contributed by atoms with E-state index in [4.69, 9.17) is 9.52 Å². The quantitative estimate of drug-likeness (QED) is 0.723. The number of halogens is 1. The number of likely N-dealkylation sites (tertiary alicyclic amines) is 1. The second-order valence-electron chi connectivity index (χ2n) is 5.66. The molecule has 0 aliphatic carbocycles. The number of carbonyl (C=O) groups is 1. The van der Waals surface area contributed by atoms with Gasteiger partial charge in [-0.15, -0.1) is 0 Å². The monoisotopic (exact) mass is 377 g/mol. The third-order valence-electron chi connectivity index (χ3n) is 4.01. The van der Waals surface area contributed by atoms with Gasteiger partial charge < -0.3 is 14.5 Å². The standard InChI is InChI=1S/C15H12BrN3O4/c16-8-1-2-10-9(3-8)12-13(23-10)14(20)18-11(17-12)6-19-4-7(5-19)15(21)22/h1-3,7H,4-6H2,(H,21,22)(H,17,18,20). The number of aliphatic carboxylic acids is 1. The molecule has 0 amide bonds. The second-order valence-corrected chi connectivity index (χ2v) is 6.58. The molecule has 1 aliphatic heterocycles. The number of aromatic amines is 1. The summed E-state index contributed by atoms with van der Waals surface area (Å²) in [6, 6.07) is 5.49. The summed E-state index contributed by atoms with van der Waals surface area (Å²) in [6.45, 7) is 1.35. The van der Waals surface area contributed by atoms with Crippen LogP contribution < -0.4 is 5.56 Å². The maximum atomic E-state index is 12.2. The Morgan fingerprint density at radius 1 is 1.48 bits per heavy atom. The van der Waals surface area contributed by atoms with Crippen LogP contribution in [0.5, 0.6) is 0 Å². The predicted molar refractivity (Wildman–Crippen MR) is 86.2 cm³/mol. The Balaban J connectivity index is 1.71. The highest BCUT2D eigenvalue weighted by Crippen LogP contribution is 2.28. The molecule has 118 valence electrons. The van der Waals surface area contributed by atoms with Crippen LogP contribution >= 0.6 is 15.9 Å². The van der Waals surface area contributed by atoms with Crippen LogP contribution in [0, 0.1) is 5.92 Å². The first-order valence-corrected chi connectivity index (χ1v) is 7.86. The number of aromatic nitrogens is 2. The van der Waals surface area contributed by atoms with E-state index in [0.29, 0.717) is 36.6 Å². The number of nitrogens with zero attached hydrogens (tertiary/aromatic N) is 2. The van der Waals surface area contributed by atoms with Gasteiger partial charge in [0.2, 0.25) is 5.58 Å². The summed E-state index contributed by atoms with van der Waals surface area (Å²) >= 11 is 3.40. The molecule has 1 aliphatic rings. The van der Waals surface area contributed by atoms with Crippen molar-refractivity contribution in [3.63, 3.8) is 0 Å². The molecule has 0 saturated carbocycles. The van der Waals surface area contributed by atoms with Crippen LogP contribution in [0.4, 0.5) is 0 Å². The van der Waals surface area contributed by atoms with E-state index in [1.54, 1.807) is 6.07 Å². The molecule has 3 aromatic rings. The molecule has 2 N–H and O–H groups in total. The van der Waals surface area contributed by atoms with Crippen molar-refractivity contribution in [1.82, 2.24) is 14.9 Å². The Labute approximate surface area is 138 Å². The lowest BCUT2D eigenvalue weighted by molar-refractivity contribution is -0.147. The van der Waals surface area contributed by atoms with E-state index in [9.17, 15) is 9.59 Å². The van der Waals surface area contributed by atoms with Gasteiger partial charge in [0.1, 0.15) is 16.9 Å². The number of benzene rings is 1. The van der Waals surface area contributed by atoms with E-state index in [1.807, 2.05) is 17.0 Å². The lowest BCUT2D eigenvalue weighted by Gasteiger charge is -2.35. The van der Waals surface area contributed by atoms with Crippen LogP contribution in [0.15, 0.2) is 31.9 Å². The molecule has 0 unspecified atom stereocenters. The van der Waals surface area contributed by atoms with Gasteiger partial charge in [-0.25, -0.2) is 4.98 Å². The highest BCUT2D eigenvalue weighted by Gasteiger charge is 2.32. The Bertz CT molecular complexity index is 987. The van der Waals surface area contributed by atoms with Crippen molar-refractivity contribution in [2.45, 2.75) is 6.54 Å². The molecule has 1 saturated heterocycles. The molecule has 8 heteroatoms. The molecule has 0 bridgehead atoms. The minimum absolute atomic E-state index is 0.203. The van der Waals surface area contributed by atoms with Crippen molar-refractivity contribution >= 4 is 44.0 Å². The van der Waals surface area contributed by atoms with E-state index >= 15 is 0 Å². The van der Waals surface area contributed by atoms with Crippen molar-refractivity contribution in [3.8, 4) is 0 Å². The third-order valence-corrected chi connectivity index (χ3v) is 4.51. The van der Waals surface area contributed by atoms with Crippen LogP contribution in [-0.2, 0) is 11.3 Å². The van der Waals surface area contributed by atoms with Crippen molar-refractivity contribution < 1.29 is 14.3 Å². The summed E-state index contributed by atoms with van der Waals surface area (Å²) in [5.74, 6) is -0.617. The molecule has 1 fully saturated rings. The highest BCUT2D eigenvalue weighted by molar-refractivity contribution is 9.10. The summed E-state index contributed by atoms with van der Waals surface area (Å²) in [5.41, 5.74) is 1.00. The number of fused-ring (bicyclic) bond motifs is 3. The lowest BCUT2D eigenvalue weighted by Crippen LogP contribution is -2.49. The average molecular weight is 378 g/mol. The summed E-state index contributed by atoms with van der Waals surface area (Å²) in [6.07, 6.45) is 0. The van der Waals surface area contributed by atoms with Gasteiger partial charge in [-0.05, 0) is 18.2 Å². The Morgan fingerprint density at radius 2 is 2.26 bits per heavy atom. The number of rotatable bonds is 3. The molecule has 2 aromatic heterocycles. The van der Waals surface area contributed by atoms with Crippen LogP contribution in [0.2, 0.25) is 0 Å². The smallest absolute Gasteiger partial charge is 0.309 e. The van der Waals surface area contributed by atoms with Crippen LogP contribution in [0.1, 0.15) is 5.82 Å². The fourth-order valence-electron chi connectivity index (χ4n) is 2.81. The Morgan fingerprint density at radius 3 is 3.00 bits per heavy atom. The van der Waals surface area contributed by atoms with E-state index in [2.05, 4.69) is 25.9 Å². The number of hydrogen-bond acceptors (Lipinski definition) is 5. The van der Waals surface area contributed by atoms with Crippen molar-refractivity contribution in [2.24, 2.45) is 5.92 Å². The Kier molecular flexibility index (Phi) is 3.24. The summed E-state index contributed by atoms with van der Waals surface area (Å²) < 4.78 is 6.45. The van der Waals surface area contributed by atoms with Gasteiger partial charge in [0.15, 0.2) is 0 Å². The fraction of sp³-hybridized carbons (Fsp3) is 0.267. The number of hydrogen-bond donors (Lipinski definition) is 2. The minimum atomic E-state index is -0.788. The first kappa shape index (κ1) is 14.4. The number of carboxylic acid groups (broad SMARTS) is 1. The molecular weight excluding hydrogens is 366 g/mol. The highest BCUT2D eigenvalue weighted by atomic mass is 79.9. The summed E-state index contributed by atoms with van der Waals surface area (Å²) in [4.78, 5) is 32.2.